The molecule has 2 fully saturated rings. The first kappa shape index (κ1) is 18.7. The van der Waals surface area contributed by atoms with E-state index in [1.165, 1.54) is 25.7 Å². The highest BCUT2D eigenvalue weighted by Gasteiger charge is 2.26. The van der Waals surface area contributed by atoms with Crippen molar-refractivity contribution in [3.05, 3.63) is 0 Å². The molecule has 4 nitrogen and oxygen atoms in total. The Balaban J connectivity index is 0.00000220. The van der Waals surface area contributed by atoms with Gasteiger partial charge in [0.05, 0.1) is 6.54 Å². The molecule has 5 heteroatoms. The number of carbonyl (C=O) groups is 1. The third-order valence-electron chi connectivity index (χ3n) is 5.28. The lowest BCUT2D eigenvalue weighted by atomic mass is 9.87. The number of halogens is 1. The molecule has 2 aliphatic rings. The lowest BCUT2D eigenvalue weighted by Gasteiger charge is -2.36. The van der Waals surface area contributed by atoms with Crippen LogP contribution in [0.1, 0.15) is 45.4 Å². The molecule has 2 rings (SSSR count). The summed E-state index contributed by atoms with van der Waals surface area (Å²) >= 11 is 0. The van der Waals surface area contributed by atoms with E-state index in [4.69, 9.17) is 0 Å². The van der Waals surface area contributed by atoms with Gasteiger partial charge in [0, 0.05) is 32.2 Å². The Morgan fingerprint density at radius 1 is 1.14 bits per heavy atom. The number of nitrogens with one attached hydrogen (secondary N) is 1. The van der Waals surface area contributed by atoms with Crippen LogP contribution in [-0.4, -0.2) is 61.5 Å². The summed E-state index contributed by atoms with van der Waals surface area (Å²) in [6.07, 6.45) is 7.24. The average molecular weight is 318 g/mol. The number of hydrogen-bond donors (Lipinski definition) is 1. The van der Waals surface area contributed by atoms with Crippen LogP contribution < -0.4 is 5.32 Å². The minimum Gasteiger partial charge on any atom is -0.342 e. The van der Waals surface area contributed by atoms with Gasteiger partial charge in [-0.15, -0.1) is 12.4 Å². The Morgan fingerprint density at radius 3 is 2.24 bits per heavy atom. The molecule has 1 amide bonds. The van der Waals surface area contributed by atoms with E-state index >= 15 is 0 Å². The molecule has 124 valence electrons. The normalized spacial score (nSPS) is 28.0. The van der Waals surface area contributed by atoms with E-state index in [0.29, 0.717) is 24.5 Å². The third-order valence-corrected chi connectivity index (χ3v) is 5.28. The maximum Gasteiger partial charge on any atom is 0.236 e. The molecule has 21 heavy (non-hydrogen) atoms. The highest BCUT2D eigenvalue weighted by molar-refractivity contribution is 5.85. The molecule has 0 spiro atoms. The fourth-order valence-corrected chi connectivity index (χ4v) is 3.52. The van der Waals surface area contributed by atoms with Crippen LogP contribution in [0.15, 0.2) is 0 Å². The second kappa shape index (κ2) is 8.96. The molecule has 1 saturated carbocycles. The van der Waals surface area contributed by atoms with E-state index in [9.17, 15) is 4.79 Å². The van der Waals surface area contributed by atoms with Crippen LogP contribution in [0.5, 0.6) is 0 Å². The van der Waals surface area contributed by atoms with Crippen LogP contribution in [0.2, 0.25) is 0 Å². The van der Waals surface area contributed by atoms with Crippen molar-refractivity contribution in [3.8, 4) is 0 Å². The van der Waals surface area contributed by atoms with Crippen LogP contribution in [-0.2, 0) is 4.79 Å². The summed E-state index contributed by atoms with van der Waals surface area (Å²) in [6, 6.07) is 1.12. The Bertz CT molecular complexity index is 311. The second-order valence-corrected chi connectivity index (χ2v) is 6.76. The van der Waals surface area contributed by atoms with Gasteiger partial charge in [0.15, 0.2) is 0 Å². The lowest BCUT2D eigenvalue weighted by Crippen LogP contribution is -2.48. The first-order valence-electron chi connectivity index (χ1n) is 8.25. The molecule has 1 aliphatic heterocycles. The maximum atomic E-state index is 12.4. The molecule has 0 bridgehead atoms. The fraction of sp³-hybridized carbons (Fsp3) is 0.938. The summed E-state index contributed by atoms with van der Waals surface area (Å²) in [7, 11) is 4.03. The molecule has 1 heterocycles. The van der Waals surface area contributed by atoms with E-state index in [1.807, 2.05) is 19.0 Å². The Labute approximate surface area is 136 Å². The standard InChI is InChI=1S/C16H31N3O.ClH/c1-13-4-6-15(7-5-13)18(3)16(20)12-19-10-8-14(17-2)9-11-19;/h13-15,17H,4-12H2,1-3H3;1H. The minimum atomic E-state index is 0. The molecule has 0 aromatic heterocycles. The maximum absolute atomic E-state index is 12.4. The third kappa shape index (κ3) is 5.42. The van der Waals surface area contributed by atoms with Crippen molar-refractivity contribution in [2.24, 2.45) is 5.92 Å². The number of likely N-dealkylation sites (tertiary alicyclic amines) is 1. The zero-order valence-corrected chi connectivity index (χ0v) is 14.6. The van der Waals surface area contributed by atoms with Crippen molar-refractivity contribution >= 4 is 18.3 Å². The van der Waals surface area contributed by atoms with Gasteiger partial charge >= 0.3 is 0 Å². The first-order chi connectivity index (χ1) is 9.60. The highest BCUT2D eigenvalue weighted by Crippen LogP contribution is 2.26. The van der Waals surface area contributed by atoms with Gasteiger partial charge in [0.1, 0.15) is 0 Å². The minimum absolute atomic E-state index is 0. The molecule has 0 atom stereocenters. The number of rotatable bonds is 4. The van der Waals surface area contributed by atoms with Crippen molar-refractivity contribution < 1.29 is 4.79 Å². The van der Waals surface area contributed by atoms with Crippen LogP contribution in [0.4, 0.5) is 0 Å². The van der Waals surface area contributed by atoms with Crippen molar-refractivity contribution in [1.29, 1.82) is 0 Å². The molecule has 0 aromatic carbocycles. The van der Waals surface area contributed by atoms with Crippen molar-refractivity contribution in [2.75, 3.05) is 33.7 Å². The Hall–Kier alpha value is -0.320. The molecule has 0 aromatic rings. The zero-order valence-electron chi connectivity index (χ0n) is 13.8. The smallest absolute Gasteiger partial charge is 0.236 e. The molecule has 1 aliphatic carbocycles. The number of carbonyl (C=O) groups excluding carboxylic acids is 1. The number of likely N-dealkylation sites (N-methyl/N-ethyl adjacent to an activating group) is 1. The molecular weight excluding hydrogens is 286 g/mol. The highest BCUT2D eigenvalue weighted by atomic mass is 35.5. The monoisotopic (exact) mass is 317 g/mol. The van der Waals surface area contributed by atoms with Crippen LogP contribution in [0, 0.1) is 5.92 Å². The van der Waals surface area contributed by atoms with Crippen molar-refractivity contribution in [1.82, 2.24) is 15.1 Å². The van der Waals surface area contributed by atoms with Crippen LogP contribution in [0.3, 0.4) is 0 Å². The summed E-state index contributed by atoms with van der Waals surface area (Å²) in [5.74, 6) is 1.16. The molecular formula is C16H32ClN3O. The molecule has 1 N–H and O–H groups in total. The van der Waals surface area contributed by atoms with Crippen molar-refractivity contribution in [3.63, 3.8) is 0 Å². The van der Waals surface area contributed by atoms with Gasteiger partial charge in [-0.1, -0.05) is 6.92 Å². The summed E-state index contributed by atoms with van der Waals surface area (Å²) < 4.78 is 0. The molecule has 0 unspecified atom stereocenters. The van der Waals surface area contributed by atoms with Gasteiger partial charge in [-0.2, -0.15) is 0 Å². The fourth-order valence-electron chi connectivity index (χ4n) is 3.52. The van der Waals surface area contributed by atoms with Crippen LogP contribution >= 0.6 is 12.4 Å². The number of piperidine rings is 1. The molecule has 0 radical (unpaired) electrons. The predicted molar refractivity (Wildman–Crippen MR) is 90.0 cm³/mol. The van der Waals surface area contributed by atoms with Gasteiger partial charge in [-0.3, -0.25) is 9.69 Å². The van der Waals surface area contributed by atoms with E-state index in [1.54, 1.807) is 0 Å². The lowest BCUT2D eigenvalue weighted by molar-refractivity contribution is -0.134. The van der Waals surface area contributed by atoms with Gasteiger partial charge in [0.2, 0.25) is 5.91 Å². The second-order valence-electron chi connectivity index (χ2n) is 6.76. The van der Waals surface area contributed by atoms with E-state index in [0.717, 1.165) is 31.8 Å². The number of amides is 1. The summed E-state index contributed by atoms with van der Waals surface area (Å²) in [5.41, 5.74) is 0. The predicted octanol–water partition coefficient (Wildman–Crippen LogP) is 2.13. The first-order valence-corrected chi connectivity index (χ1v) is 8.25. The Morgan fingerprint density at radius 2 is 1.71 bits per heavy atom. The summed E-state index contributed by atoms with van der Waals surface area (Å²) in [5, 5.41) is 3.33. The van der Waals surface area contributed by atoms with E-state index in [2.05, 4.69) is 17.1 Å². The van der Waals surface area contributed by atoms with Gasteiger partial charge in [-0.05, 0) is 51.5 Å². The quantitative estimate of drug-likeness (QED) is 0.863. The largest absolute Gasteiger partial charge is 0.342 e. The van der Waals surface area contributed by atoms with E-state index < -0.39 is 0 Å². The summed E-state index contributed by atoms with van der Waals surface area (Å²) in [4.78, 5) is 16.8. The molecule has 1 saturated heterocycles. The Kier molecular flexibility index (Phi) is 7.99. The summed E-state index contributed by atoms with van der Waals surface area (Å²) in [6.45, 7) is 5.03. The number of nitrogens with zero attached hydrogens (tertiary/aromatic N) is 2. The van der Waals surface area contributed by atoms with Crippen LogP contribution in [0.25, 0.3) is 0 Å². The van der Waals surface area contributed by atoms with Gasteiger partial charge < -0.3 is 10.2 Å². The number of hydrogen-bond acceptors (Lipinski definition) is 3. The van der Waals surface area contributed by atoms with Gasteiger partial charge in [0.25, 0.3) is 0 Å². The van der Waals surface area contributed by atoms with Gasteiger partial charge in [-0.25, -0.2) is 0 Å². The topological polar surface area (TPSA) is 35.6 Å². The average Bonchev–Trinajstić information content (AvgIpc) is 2.48. The SMILES string of the molecule is CNC1CCN(CC(=O)N(C)C2CCC(C)CC2)CC1.Cl. The zero-order chi connectivity index (χ0) is 14.5. The van der Waals surface area contributed by atoms with Crippen molar-refractivity contribution in [2.45, 2.75) is 57.5 Å². The van der Waals surface area contributed by atoms with E-state index in [-0.39, 0.29) is 12.4 Å².